The number of nitrogens with one attached hydrogen (secondary N) is 1. The van der Waals surface area contributed by atoms with Crippen LogP contribution >= 0.6 is 0 Å². The summed E-state index contributed by atoms with van der Waals surface area (Å²) in [5.74, 6) is 1.95. The number of nitrogens with zero attached hydrogens (tertiary/aromatic N) is 4. The normalized spacial score (nSPS) is 12.5. The molecule has 0 fully saturated rings. The number of hydrogen-bond acceptors (Lipinski definition) is 8. The number of nitrogen functional groups attached to an aromatic ring is 2. The summed E-state index contributed by atoms with van der Waals surface area (Å²) in [5, 5.41) is 8.69. The Bertz CT molecular complexity index is 1050. The van der Waals surface area contributed by atoms with Crippen LogP contribution in [0.2, 0.25) is 0 Å². The lowest BCUT2D eigenvalue weighted by Gasteiger charge is -2.16. The van der Waals surface area contributed by atoms with Crippen molar-refractivity contribution in [2.75, 3.05) is 11.5 Å². The Morgan fingerprint density at radius 2 is 2.10 bits per heavy atom. The van der Waals surface area contributed by atoms with Crippen molar-refractivity contribution in [1.29, 1.82) is 0 Å². The lowest BCUT2D eigenvalue weighted by Crippen LogP contribution is -2.19. The first kappa shape index (κ1) is 21.3. The fraction of sp³-hybridized carbons (Fsp3) is 0.150. The molecule has 1 unspecified atom stereocenters. The standard InChI is InChI=1S/C20H21N7O2/c1-4-6-13(9-8-12(3)19(28)27-29)14(7-5-2)10-15-11-23-18-16(24-15)17(21)25-20(22)26-18/h2,4,6,8-9,11,14,29H,1,3,7,10H2,(H,27,28)(H4,21,22,23,25,26)/b9-8-,13-6+. The maximum absolute atomic E-state index is 11.4. The second kappa shape index (κ2) is 9.77. The molecule has 2 aromatic rings. The molecule has 148 valence electrons. The first-order valence-corrected chi connectivity index (χ1v) is 8.51. The summed E-state index contributed by atoms with van der Waals surface area (Å²) >= 11 is 0. The van der Waals surface area contributed by atoms with E-state index in [1.807, 2.05) is 0 Å². The predicted octanol–water partition coefficient (Wildman–Crippen LogP) is 1.50. The Morgan fingerprint density at radius 3 is 2.76 bits per heavy atom. The van der Waals surface area contributed by atoms with Gasteiger partial charge in [0.25, 0.3) is 5.91 Å². The number of anilines is 2. The topological polar surface area (TPSA) is 153 Å². The van der Waals surface area contributed by atoms with Crippen molar-refractivity contribution in [3.63, 3.8) is 0 Å². The van der Waals surface area contributed by atoms with Crippen LogP contribution in [0.15, 0.2) is 54.8 Å². The summed E-state index contributed by atoms with van der Waals surface area (Å²) < 4.78 is 0. The third-order valence-corrected chi connectivity index (χ3v) is 3.97. The van der Waals surface area contributed by atoms with Gasteiger partial charge in [-0.2, -0.15) is 9.97 Å². The van der Waals surface area contributed by atoms with Crippen LogP contribution in [0.4, 0.5) is 11.8 Å². The minimum absolute atomic E-state index is 0.0238. The van der Waals surface area contributed by atoms with E-state index in [1.54, 1.807) is 24.4 Å². The molecule has 0 saturated carbocycles. The van der Waals surface area contributed by atoms with Crippen molar-refractivity contribution in [2.24, 2.45) is 5.92 Å². The smallest absolute Gasteiger partial charge is 0.274 e. The number of nitrogens with two attached hydrogens (primary N) is 2. The molecule has 0 spiro atoms. The van der Waals surface area contributed by atoms with Gasteiger partial charge in [-0.15, -0.1) is 12.3 Å². The third kappa shape index (κ3) is 5.47. The fourth-order valence-electron chi connectivity index (χ4n) is 2.59. The van der Waals surface area contributed by atoms with Crippen LogP contribution in [-0.4, -0.2) is 31.1 Å². The Labute approximate surface area is 167 Å². The molecular formula is C20H21N7O2. The molecular weight excluding hydrogens is 370 g/mol. The van der Waals surface area contributed by atoms with E-state index < -0.39 is 5.91 Å². The highest BCUT2D eigenvalue weighted by atomic mass is 16.5. The van der Waals surface area contributed by atoms with E-state index in [0.717, 1.165) is 5.57 Å². The number of amides is 1. The average molecular weight is 391 g/mol. The number of terminal acetylenes is 1. The van der Waals surface area contributed by atoms with Gasteiger partial charge >= 0.3 is 0 Å². The van der Waals surface area contributed by atoms with Crippen LogP contribution in [0, 0.1) is 18.3 Å². The summed E-state index contributed by atoms with van der Waals surface area (Å²) in [7, 11) is 0. The molecule has 0 aromatic carbocycles. The highest BCUT2D eigenvalue weighted by molar-refractivity contribution is 5.94. The van der Waals surface area contributed by atoms with E-state index >= 15 is 0 Å². The molecule has 2 heterocycles. The van der Waals surface area contributed by atoms with Crippen molar-refractivity contribution in [2.45, 2.75) is 12.8 Å². The maximum atomic E-state index is 11.4. The van der Waals surface area contributed by atoms with E-state index in [2.05, 4.69) is 39.0 Å². The molecule has 2 aromatic heterocycles. The average Bonchev–Trinajstić information content (AvgIpc) is 2.70. The highest BCUT2D eigenvalue weighted by Crippen LogP contribution is 2.23. The van der Waals surface area contributed by atoms with Gasteiger partial charge in [0, 0.05) is 17.9 Å². The molecule has 0 bridgehead atoms. The van der Waals surface area contributed by atoms with E-state index in [-0.39, 0.29) is 23.3 Å². The number of hydroxylamine groups is 1. The lowest BCUT2D eigenvalue weighted by molar-refractivity contribution is -0.124. The minimum Gasteiger partial charge on any atom is -0.382 e. The molecule has 0 radical (unpaired) electrons. The van der Waals surface area contributed by atoms with Crippen LogP contribution in [0.1, 0.15) is 12.1 Å². The van der Waals surface area contributed by atoms with Gasteiger partial charge in [0.2, 0.25) is 5.95 Å². The molecule has 0 aliphatic heterocycles. The van der Waals surface area contributed by atoms with Crippen LogP contribution < -0.4 is 16.9 Å². The summed E-state index contributed by atoms with van der Waals surface area (Å²) in [5.41, 5.74) is 15.2. The molecule has 0 aliphatic carbocycles. The number of aromatic nitrogens is 4. The summed E-state index contributed by atoms with van der Waals surface area (Å²) in [6.07, 6.45) is 14.5. The first-order chi connectivity index (χ1) is 13.9. The van der Waals surface area contributed by atoms with Gasteiger partial charge in [-0.05, 0) is 18.1 Å². The molecule has 6 N–H and O–H groups in total. The summed E-state index contributed by atoms with van der Waals surface area (Å²) in [6.45, 7) is 7.30. The van der Waals surface area contributed by atoms with Gasteiger partial charge in [0.1, 0.15) is 0 Å². The molecule has 9 nitrogen and oxygen atoms in total. The second-order valence-electron chi connectivity index (χ2n) is 6.01. The largest absolute Gasteiger partial charge is 0.382 e. The van der Waals surface area contributed by atoms with Gasteiger partial charge in [-0.3, -0.25) is 10.0 Å². The zero-order valence-corrected chi connectivity index (χ0v) is 15.7. The van der Waals surface area contributed by atoms with Gasteiger partial charge in [0.15, 0.2) is 17.0 Å². The quantitative estimate of drug-likeness (QED) is 0.174. The molecule has 1 atom stereocenters. The number of hydrogen-bond donors (Lipinski definition) is 4. The van der Waals surface area contributed by atoms with Gasteiger partial charge in [-0.1, -0.05) is 31.4 Å². The minimum atomic E-state index is -0.706. The van der Waals surface area contributed by atoms with E-state index in [1.165, 1.54) is 11.6 Å². The molecule has 29 heavy (non-hydrogen) atoms. The van der Waals surface area contributed by atoms with Crippen LogP contribution in [0.5, 0.6) is 0 Å². The number of rotatable bonds is 8. The molecule has 1 amide bonds. The van der Waals surface area contributed by atoms with Crippen molar-refractivity contribution in [1.82, 2.24) is 25.4 Å². The molecule has 9 heteroatoms. The number of carbonyl (C=O) groups is 1. The molecule has 0 saturated heterocycles. The predicted molar refractivity (Wildman–Crippen MR) is 111 cm³/mol. The van der Waals surface area contributed by atoms with Crippen molar-refractivity contribution >= 4 is 28.8 Å². The monoisotopic (exact) mass is 391 g/mol. The fourth-order valence-corrected chi connectivity index (χ4v) is 2.59. The first-order valence-electron chi connectivity index (χ1n) is 8.51. The summed E-state index contributed by atoms with van der Waals surface area (Å²) in [4.78, 5) is 28.1. The SMILES string of the molecule is C#CCC(Cc1cnc2nc(N)nc(N)c2n1)C(/C=C\C(=C)C(=O)NO)=C/C=C. The van der Waals surface area contributed by atoms with E-state index in [4.69, 9.17) is 23.1 Å². The lowest BCUT2D eigenvalue weighted by atomic mass is 9.90. The van der Waals surface area contributed by atoms with Crippen molar-refractivity contribution in [3.05, 3.63) is 60.5 Å². The Balaban J connectivity index is 2.35. The van der Waals surface area contributed by atoms with Crippen molar-refractivity contribution < 1.29 is 10.0 Å². The Morgan fingerprint density at radius 1 is 1.34 bits per heavy atom. The van der Waals surface area contributed by atoms with E-state index in [0.29, 0.717) is 29.7 Å². The highest BCUT2D eigenvalue weighted by Gasteiger charge is 2.15. The molecule has 0 aliphatic rings. The Kier molecular flexibility index (Phi) is 7.17. The van der Waals surface area contributed by atoms with Crippen molar-refractivity contribution in [3.8, 4) is 12.3 Å². The number of carbonyl (C=O) groups excluding carboxylic acids is 1. The maximum Gasteiger partial charge on any atom is 0.274 e. The summed E-state index contributed by atoms with van der Waals surface area (Å²) in [6, 6.07) is 0. The van der Waals surface area contributed by atoms with Crippen LogP contribution in [0.3, 0.4) is 0 Å². The van der Waals surface area contributed by atoms with Gasteiger partial charge in [0.05, 0.1) is 11.9 Å². The second-order valence-corrected chi connectivity index (χ2v) is 6.01. The Hall–Kier alpha value is -4.03. The zero-order valence-electron chi connectivity index (χ0n) is 15.7. The number of fused-ring (bicyclic) bond motifs is 1. The zero-order chi connectivity index (χ0) is 21.4. The van der Waals surface area contributed by atoms with E-state index in [9.17, 15) is 4.79 Å². The van der Waals surface area contributed by atoms with Crippen LogP contribution in [-0.2, 0) is 11.2 Å². The molecule has 2 rings (SSSR count). The van der Waals surface area contributed by atoms with Gasteiger partial charge < -0.3 is 11.5 Å². The number of allylic oxidation sites excluding steroid dienone is 4. The third-order valence-electron chi connectivity index (χ3n) is 3.97. The van der Waals surface area contributed by atoms with Gasteiger partial charge in [-0.25, -0.2) is 15.4 Å². The van der Waals surface area contributed by atoms with Crippen LogP contribution in [0.25, 0.3) is 11.2 Å².